The number of aryl methyl sites for hydroxylation is 1. The molecule has 128 valence electrons. The van der Waals surface area contributed by atoms with Gasteiger partial charge in [-0.1, -0.05) is 12.1 Å². The summed E-state index contributed by atoms with van der Waals surface area (Å²) in [5.74, 6) is 1.80. The molecule has 2 N–H and O–H groups in total. The second-order valence-corrected chi connectivity index (χ2v) is 6.17. The van der Waals surface area contributed by atoms with Crippen LogP contribution in [0.3, 0.4) is 0 Å². The number of aliphatic imine (C=N–C) groups is 1. The van der Waals surface area contributed by atoms with Gasteiger partial charge in [-0.25, -0.2) is 0 Å². The van der Waals surface area contributed by atoms with Crippen LogP contribution in [0.1, 0.15) is 23.3 Å². The van der Waals surface area contributed by atoms with Crippen molar-refractivity contribution in [1.29, 1.82) is 0 Å². The van der Waals surface area contributed by atoms with Gasteiger partial charge >= 0.3 is 0 Å². The summed E-state index contributed by atoms with van der Waals surface area (Å²) in [4.78, 5) is 6.62. The van der Waals surface area contributed by atoms with Crippen molar-refractivity contribution in [1.82, 2.24) is 10.6 Å². The molecule has 0 fully saturated rings. The van der Waals surface area contributed by atoms with Crippen molar-refractivity contribution in [3.8, 4) is 0 Å². The van der Waals surface area contributed by atoms with Crippen molar-refractivity contribution in [2.24, 2.45) is 4.99 Å². The van der Waals surface area contributed by atoms with Gasteiger partial charge in [0.25, 0.3) is 0 Å². The van der Waals surface area contributed by atoms with E-state index in [4.69, 9.17) is 4.42 Å². The Morgan fingerprint density at radius 2 is 2.21 bits per heavy atom. The molecule has 0 spiro atoms. The van der Waals surface area contributed by atoms with Crippen LogP contribution < -0.4 is 15.5 Å². The smallest absolute Gasteiger partial charge is 0.191 e. The predicted octanol–water partition coefficient (Wildman–Crippen LogP) is 2.57. The van der Waals surface area contributed by atoms with E-state index in [1.807, 2.05) is 12.1 Å². The normalized spacial score (nSPS) is 14.4. The van der Waals surface area contributed by atoms with E-state index in [2.05, 4.69) is 45.8 Å². The van der Waals surface area contributed by atoms with Crippen LogP contribution in [0.25, 0.3) is 0 Å². The maximum Gasteiger partial charge on any atom is 0.191 e. The molecule has 1 aliphatic heterocycles. The number of hydrogen-bond acceptors (Lipinski definition) is 3. The van der Waals surface area contributed by atoms with Crippen molar-refractivity contribution in [3.05, 3.63) is 53.5 Å². The summed E-state index contributed by atoms with van der Waals surface area (Å²) in [5, 5.41) is 6.70. The molecule has 0 amide bonds. The van der Waals surface area contributed by atoms with Gasteiger partial charge in [0.15, 0.2) is 5.96 Å². The molecule has 1 aromatic heterocycles. The molecule has 1 aliphatic rings. The van der Waals surface area contributed by atoms with Crippen molar-refractivity contribution < 1.29 is 4.42 Å². The summed E-state index contributed by atoms with van der Waals surface area (Å²) in [6.07, 6.45) is 4.95. The molecule has 0 saturated carbocycles. The van der Waals surface area contributed by atoms with Crippen molar-refractivity contribution >= 4 is 11.6 Å². The number of rotatable bonds is 5. The molecule has 0 aliphatic carbocycles. The first-order valence-corrected chi connectivity index (χ1v) is 8.56. The third-order valence-electron chi connectivity index (χ3n) is 4.42. The van der Waals surface area contributed by atoms with Gasteiger partial charge in [-0.3, -0.25) is 4.99 Å². The number of furan rings is 1. The number of nitrogens with zero attached hydrogens (tertiary/aromatic N) is 2. The lowest BCUT2D eigenvalue weighted by molar-refractivity contribution is 0.507. The minimum absolute atomic E-state index is 0.775. The van der Waals surface area contributed by atoms with Gasteiger partial charge in [-0.15, -0.1) is 0 Å². The van der Waals surface area contributed by atoms with Crippen molar-refractivity contribution in [2.75, 3.05) is 32.1 Å². The Morgan fingerprint density at radius 3 is 3.00 bits per heavy atom. The molecule has 5 heteroatoms. The van der Waals surface area contributed by atoms with Gasteiger partial charge in [-0.2, -0.15) is 0 Å². The van der Waals surface area contributed by atoms with Crippen LogP contribution in [0.15, 0.2) is 46.0 Å². The Morgan fingerprint density at radius 1 is 1.29 bits per heavy atom. The maximum atomic E-state index is 5.34. The highest BCUT2D eigenvalue weighted by atomic mass is 16.3. The molecule has 0 radical (unpaired) electrons. The molecule has 5 nitrogen and oxygen atoms in total. The first kappa shape index (κ1) is 16.4. The largest absolute Gasteiger partial charge is 0.469 e. The first-order valence-electron chi connectivity index (χ1n) is 8.56. The standard InChI is InChI=1S/C19H26N4O/c1-20-19(21-10-9-17-6-4-12-24-17)22-14-15-7-8-18-16(13-15)5-3-11-23(18)2/h4,6-8,12-13H,3,5,9-11,14H2,1-2H3,(H2,20,21,22). The Hall–Kier alpha value is -2.43. The highest BCUT2D eigenvalue weighted by molar-refractivity contribution is 5.79. The van der Waals surface area contributed by atoms with E-state index in [0.717, 1.165) is 37.8 Å². The van der Waals surface area contributed by atoms with Crippen LogP contribution in [0, 0.1) is 0 Å². The van der Waals surface area contributed by atoms with Crippen LogP contribution in [0.5, 0.6) is 0 Å². The maximum absolute atomic E-state index is 5.34. The summed E-state index contributed by atoms with van der Waals surface area (Å²) >= 11 is 0. The van der Waals surface area contributed by atoms with Gasteiger partial charge in [-0.05, 0) is 42.2 Å². The zero-order chi connectivity index (χ0) is 16.8. The molecule has 3 rings (SSSR count). The molecule has 0 bridgehead atoms. The average molecular weight is 326 g/mol. The fraction of sp³-hybridized carbons (Fsp3) is 0.421. The van der Waals surface area contributed by atoms with E-state index in [0.29, 0.717) is 0 Å². The second kappa shape index (κ2) is 7.90. The van der Waals surface area contributed by atoms with Gasteiger partial charge < -0.3 is 20.0 Å². The fourth-order valence-electron chi connectivity index (χ4n) is 3.11. The van der Waals surface area contributed by atoms with E-state index in [1.165, 1.54) is 29.7 Å². The van der Waals surface area contributed by atoms with E-state index in [-0.39, 0.29) is 0 Å². The van der Waals surface area contributed by atoms with E-state index >= 15 is 0 Å². The highest BCUT2D eigenvalue weighted by Crippen LogP contribution is 2.26. The number of benzene rings is 1. The topological polar surface area (TPSA) is 52.8 Å². The summed E-state index contributed by atoms with van der Waals surface area (Å²) in [6.45, 7) is 2.72. The highest BCUT2D eigenvalue weighted by Gasteiger charge is 2.13. The monoisotopic (exact) mass is 326 g/mol. The average Bonchev–Trinajstić information content (AvgIpc) is 3.11. The number of guanidine groups is 1. The molecular weight excluding hydrogens is 300 g/mol. The van der Waals surface area contributed by atoms with Crippen LogP contribution in [-0.2, 0) is 19.4 Å². The SMILES string of the molecule is CN=C(NCCc1ccco1)NCc1ccc2c(c1)CCCN2C. The molecule has 0 unspecified atom stereocenters. The Bertz CT molecular complexity index is 679. The van der Waals surface area contributed by atoms with Crippen LogP contribution in [0.4, 0.5) is 5.69 Å². The number of nitrogens with one attached hydrogen (secondary N) is 2. The number of fused-ring (bicyclic) bond motifs is 1. The van der Waals surface area contributed by atoms with E-state index in [1.54, 1.807) is 13.3 Å². The lowest BCUT2D eigenvalue weighted by Gasteiger charge is -2.28. The van der Waals surface area contributed by atoms with Crippen LogP contribution in [0.2, 0.25) is 0 Å². The van der Waals surface area contributed by atoms with E-state index in [9.17, 15) is 0 Å². The third-order valence-corrected chi connectivity index (χ3v) is 4.42. The lowest BCUT2D eigenvalue weighted by Crippen LogP contribution is -2.37. The third kappa shape index (κ3) is 4.10. The quantitative estimate of drug-likeness (QED) is 0.655. The zero-order valence-electron chi connectivity index (χ0n) is 14.5. The second-order valence-electron chi connectivity index (χ2n) is 6.17. The molecule has 0 atom stereocenters. The Kier molecular flexibility index (Phi) is 5.41. The molecule has 24 heavy (non-hydrogen) atoms. The molecule has 2 heterocycles. The summed E-state index contributed by atoms with van der Waals surface area (Å²) in [6, 6.07) is 10.6. The summed E-state index contributed by atoms with van der Waals surface area (Å²) in [5.41, 5.74) is 4.10. The predicted molar refractivity (Wildman–Crippen MR) is 98.6 cm³/mol. The van der Waals surface area contributed by atoms with Crippen molar-refractivity contribution in [2.45, 2.75) is 25.8 Å². The fourth-order valence-corrected chi connectivity index (χ4v) is 3.11. The van der Waals surface area contributed by atoms with Gasteiger partial charge in [0.1, 0.15) is 5.76 Å². The summed E-state index contributed by atoms with van der Waals surface area (Å²) < 4.78 is 5.34. The van der Waals surface area contributed by atoms with Gasteiger partial charge in [0, 0.05) is 45.8 Å². The lowest BCUT2D eigenvalue weighted by atomic mass is 9.99. The zero-order valence-corrected chi connectivity index (χ0v) is 14.5. The first-order chi connectivity index (χ1) is 11.8. The van der Waals surface area contributed by atoms with Crippen LogP contribution in [-0.4, -0.2) is 33.1 Å². The molecule has 2 aromatic rings. The molecule has 1 aromatic carbocycles. The molecular formula is C19H26N4O. The van der Waals surface area contributed by atoms with Gasteiger partial charge in [0.05, 0.1) is 6.26 Å². The number of anilines is 1. The summed E-state index contributed by atoms with van der Waals surface area (Å²) in [7, 11) is 3.96. The van der Waals surface area contributed by atoms with Crippen molar-refractivity contribution in [3.63, 3.8) is 0 Å². The molecule has 0 saturated heterocycles. The number of hydrogen-bond donors (Lipinski definition) is 2. The van der Waals surface area contributed by atoms with E-state index < -0.39 is 0 Å². The van der Waals surface area contributed by atoms with Crippen LogP contribution >= 0.6 is 0 Å². The minimum atomic E-state index is 0.775. The van der Waals surface area contributed by atoms with Gasteiger partial charge in [0.2, 0.25) is 0 Å². The Balaban J connectivity index is 1.50. The Labute approximate surface area is 143 Å². The minimum Gasteiger partial charge on any atom is -0.469 e.